The van der Waals surface area contributed by atoms with Gasteiger partial charge in [0.2, 0.25) is 10.0 Å². The van der Waals surface area contributed by atoms with Crippen molar-refractivity contribution < 1.29 is 13.2 Å². The first kappa shape index (κ1) is 21.5. The van der Waals surface area contributed by atoms with Crippen molar-refractivity contribution in [3.05, 3.63) is 72.7 Å². The Morgan fingerprint density at radius 1 is 1.06 bits per heavy atom. The Labute approximate surface area is 193 Å². The number of benzene rings is 2. The lowest BCUT2D eigenvalue weighted by Crippen LogP contribution is -2.49. The fraction of sp³-hybridized carbons (Fsp3) is 0.333. The molecule has 1 aromatic heterocycles. The van der Waals surface area contributed by atoms with E-state index in [1.54, 1.807) is 28.7 Å². The Morgan fingerprint density at radius 2 is 1.76 bits per heavy atom. The van der Waals surface area contributed by atoms with Gasteiger partial charge in [-0.2, -0.15) is 0 Å². The predicted molar refractivity (Wildman–Crippen MR) is 128 cm³/mol. The summed E-state index contributed by atoms with van der Waals surface area (Å²) >= 11 is 0. The van der Waals surface area contributed by atoms with E-state index in [9.17, 15) is 13.2 Å². The minimum absolute atomic E-state index is 0.0710. The van der Waals surface area contributed by atoms with Gasteiger partial charge in [0, 0.05) is 30.7 Å². The molecule has 1 N–H and O–H groups in total. The summed E-state index contributed by atoms with van der Waals surface area (Å²) in [6.45, 7) is 3.23. The fourth-order valence-electron chi connectivity index (χ4n) is 4.87. The molecule has 2 aliphatic rings. The Morgan fingerprint density at radius 3 is 2.48 bits per heavy atom. The van der Waals surface area contributed by atoms with Crippen molar-refractivity contribution in [3.63, 3.8) is 0 Å². The molecule has 2 amide bonds. The second-order valence-corrected chi connectivity index (χ2v) is 10.8. The zero-order valence-electron chi connectivity index (χ0n) is 18.5. The number of carbonyl (C=O) groups excluding carboxylic acids is 1. The maximum Gasteiger partial charge on any atom is 0.323 e. The van der Waals surface area contributed by atoms with E-state index in [0.29, 0.717) is 38.3 Å². The smallest absolute Gasteiger partial charge is 0.323 e. The first-order valence-electron chi connectivity index (χ1n) is 11.2. The molecule has 1 fully saturated rings. The van der Waals surface area contributed by atoms with Gasteiger partial charge in [-0.05, 0) is 43.5 Å². The van der Waals surface area contributed by atoms with Crippen molar-refractivity contribution in [2.24, 2.45) is 0 Å². The number of urea groups is 1. The van der Waals surface area contributed by atoms with E-state index in [-0.39, 0.29) is 17.2 Å². The van der Waals surface area contributed by atoms with Gasteiger partial charge in [-0.15, -0.1) is 0 Å². The van der Waals surface area contributed by atoms with E-state index in [2.05, 4.69) is 10.3 Å². The zero-order valence-corrected chi connectivity index (χ0v) is 19.3. The molecule has 3 heterocycles. The van der Waals surface area contributed by atoms with E-state index < -0.39 is 10.0 Å². The third kappa shape index (κ3) is 3.86. The molecule has 0 saturated carbocycles. The van der Waals surface area contributed by atoms with Gasteiger partial charge in [0.15, 0.2) is 5.82 Å². The van der Waals surface area contributed by atoms with Crippen LogP contribution in [0.5, 0.6) is 0 Å². The van der Waals surface area contributed by atoms with Gasteiger partial charge in [0.05, 0.1) is 17.6 Å². The molecule has 1 spiro atoms. The highest BCUT2D eigenvalue weighted by Gasteiger charge is 2.47. The lowest BCUT2D eigenvalue weighted by Gasteiger charge is -2.39. The summed E-state index contributed by atoms with van der Waals surface area (Å²) in [4.78, 5) is 19.0. The number of nitrogens with zero attached hydrogens (tertiary/aromatic N) is 4. The zero-order chi connectivity index (χ0) is 23.1. The molecule has 172 valence electrons. The number of anilines is 2. The first-order chi connectivity index (χ1) is 15.9. The molecule has 33 heavy (non-hydrogen) atoms. The summed E-state index contributed by atoms with van der Waals surface area (Å²) < 4.78 is 28.8. The molecule has 9 heteroatoms. The van der Waals surface area contributed by atoms with Crippen molar-refractivity contribution in [1.82, 2.24) is 14.5 Å². The second kappa shape index (κ2) is 8.22. The van der Waals surface area contributed by atoms with Crippen molar-refractivity contribution in [2.75, 3.05) is 35.0 Å². The number of amides is 2. The third-order valence-electron chi connectivity index (χ3n) is 6.77. The van der Waals surface area contributed by atoms with Crippen molar-refractivity contribution in [1.29, 1.82) is 0 Å². The summed E-state index contributed by atoms with van der Waals surface area (Å²) in [5.74, 6) is 0.567. The van der Waals surface area contributed by atoms with E-state index in [0.717, 1.165) is 16.9 Å². The van der Waals surface area contributed by atoms with Gasteiger partial charge in [-0.1, -0.05) is 36.4 Å². The minimum atomic E-state index is -3.35. The molecular weight excluding hydrogens is 438 g/mol. The van der Waals surface area contributed by atoms with Gasteiger partial charge in [0.1, 0.15) is 6.33 Å². The van der Waals surface area contributed by atoms with Crippen molar-refractivity contribution in [2.45, 2.75) is 25.2 Å². The number of para-hydroxylation sites is 2. The number of likely N-dealkylation sites (tertiary alicyclic amines) is 1. The minimum Gasteiger partial charge on any atom is -0.324 e. The number of carbonyl (C=O) groups is 1. The maximum atomic E-state index is 12.9. The highest BCUT2D eigenvalue weighted by atomic mass is 32.2. The molecule has 0 atom stereocenters. The molecule has 0 radical (unpaired) electrons. The number of hydrogen-bond donors (Lipinski definition) is 1. The molecule has 1 saturated heterocycles. The number of nitrogens with one attached hydrogen (secondary N) is 1. The first-order valence-corrected chi connectivity index (χ1v) is 12.8. The summed E-state index contributed by atoms with van der Waals surface area (Å²) in [6.07, 6.45) is 4.89. The molecule has 2 aliphatic heterocycles. The summed E-state index contributed by atoms with van der Waals surface area (Å²) in [7, 11) is -3.35. The van der Waals surface area contributed by atoms with E-state index >= 15 is 0 Å². The van der Waals surface area contributed by atoms with Gasteiger partial charge in [-0.25, -0.2) is 18.2 Å². The SMILES string of the molecule is CCS(=O)(=O)N1CC2(CCN(C(=O)Nc3cn(-c4ccccc4)cn3)CC2)c2ccccc21. The predicted octanol–water partition coefficient (Wildman–Crippen LogP) is 3.61. The Hall–Kier alpha value is -3.33. The molecule has 3 aromatic rings. The maximum absolute atomic E-state index is 12.9. The van der Waals surface area contributed by atoms with Crippen molar-refractivity contribution >= 4 is 27.6 Å². The average Bonchev–Trinajstić information content (AvgIpc) is 3.44. The number of piperidine rings is 1. The average molecular weight is 466 g/mol. The number of sulfonamides is 1. The Bertz CT molecular complexity index is 1260. The Kier molecular flexibility index (Phi) is 5.36. The molecule has 8 nitrogen and oxygen atoms in total. The summed E-state index contributed by atoms with van der Waals surface area (Å²) in [6, 6.07) is 17.4. The molecule has 0 aliphatic carbocycles. The van der Waals surface area contributed by atoms with Crippen LogP contribution in [0, 0.1) is 0 Å². The number of fused-ring (bicyclic) bond motifs is 2. The summed E-state index contributed by atoms with van der Waals surface area (Å²) in [5, 5.41) is 2.89. The van der Waals surface area contributed by atoms with Crippen LogP contribution >= 0.6 is 0 Å². The molecular formula is C24H27N5O3S. The van der Waals surface area contributed by atoms with Crippen LogP contribution in [0.1, 0.15) is 25.3 Å². The van der Waals surface area contributed by atoms with Crippen LogP contribution in [0.4, 0.5) is 16.3 Å². The highest BCUT2D eigenvalue weighted by Crippen LogP contribution is 2.48. The van der Waals surface area contributed by atoms with Crippen LogP contribution in [0.2, 0.25) is 0 Å². The number of imidazole rings is 1. The lowest BCUT2D eigenvalue weighted by atomic mass is 9.74. The van der Waals surface area contributed by atoms with Crippen LogP contribution < -0.4 is 9.62 Å². The van der Waals surface area contributed by atoms with Crippen LogP contribution in [0.25, 0.3) is 5.69 Å². The van der Waals surface area contributed by atoms with Crippen LogP contribution in [0.15, 0.2) is 67.1 Å². The molecule has 5 rings (SSSR count). The fourth-order valence-corrected chi connectivity index (χ4v) is 6.09. The quantitative estimate of drug-likeness (QED) is 0.638. The Balaban J connectivity index is 1.28. The van der Waals surface area contributed by atoms with Crippen LogP contribution in [-0.4, -0.2) is 54.3 Å². The van der Waals surface area contributed by atoms with E-state index in [1.807, 2.05) is 59.2 Å². The van der Waals surface area contributed by atoms with Gasteiger partial charge in [0.25, 0.3) is 0 Å². The topological polar surface area (TPSA) is 87.5 Å². The third-order valence-corrected chi connectivity index (χ3v) is 8.50. The number of rotatable bonds is 4. The monoisotopic (exact) mass is 465 g/mol. The van der Waals surface area contributed by atoms with Gasteiger partial charge >= 0.3 is 6.03 Å². The highest BCUT2D eigenvalue weighted by molar-refractivity contribution is 7.92. The largest absolute Gasteiger partial charge is 0.324 e. The second-order valence-electron chi connectivity index (χ2n) is 8.62. The number of aromatic nitrogens is 2. The normalized spacial score (nSPS) is 17.2. The van der Waals surface area contributed by atoms with Crippen LogP contribution in [0.3, 0.4) is 0 Å². The standard InChI is InChI=1S/C24H27N5O3S/c1-2-33(31,32)29-17-24(20-10-6-7-11-21(20)29)12-14-27(15-13-24)23(30)26-22-16-28(18-25-22)19-8-4-3-5-9-19/h3-11,16,18H,2,12-15,17H2,1H3,(H,26,30). The van der Waals surface area contributed by atoms with Gasteiger partial charge < -0.3 is 9.47 Å². The number of hydrogen-bond acceptors (Lipinski definition) is 4. The molecule has 2 aromatic carbocycles. The summed E-state index contributed by atoms with van der Waals surface area (Å²) in [5.41, 5.74) is 2.56. The van der Waals surface area contributed by atoms with Gasteiger partial charge in [-0.3, -0.25) is 9.62 Å². The van der Waals surface area contributed by atoms with Crippen molar-refractivity contribution in [3.8, 4) is 5.69 Å². The molecule has 0 unspecified atom stereocenters. The van der Waals surface area contributed by atoms with Crippen LogP contribution in [-0.2, 0) is 15.4 Å². The molecule has 0 bridgehead atoms. The lowest BCUT2D eigenvalue weighted by molar-refractivity contribution is 0.173. The van der Waals surface area contributed by atoms with E-state index in [4.69, 9.17) is 0 Å². The van der Waals surface area contributed by atoms with E-state index in [1.165, 1.54) is 0 Å².